The Morgan fingerprint density at radius 2 is 1.88 bits per heavy atom. The van der Waals surface area contributed by atoms with Gasteiger partial charge >= 0.3 is 15.6 Å². The zero-order valence-corrected chi connectivity index (χ0v) is 13.3. The summed E-state index contributed by atoms with van der Waals surface area (Å²) < 4.78 is 74.2. The summed E-state index contributed by atoms with van der Waals surface area (Å²) in [5, 5.41) is 3.66. The third-order valence-electron chi connectivity index (χ3n) is 2.90. The summed E-state index contributed by atoms with van der Waals surface area (Å²) in [6.45, 7) is 3.79. The van der Waals surface area contributed by atoms with Crippen molar-refractivity contribution in [1.29, 1.82) is 0 Å². The molecule has 2 aromatic rings. The number of halogens is 3. The Morgan fingerprint density at radius 1 is 1.21 bits per heavy atom. The second-order valence-corrected chi connectivity index (χ2v) is 5.95. The van der Waals surface area contributed by atoms with Crippen LogP contribution in [0.4, 0.5) is 13.2 Å². The molecule has 0 fully saturated rings. The SMILES string of the molecule is [CH2]c1c(OC)cc(OC)cc1-n1ccc(OS(=O)(=O)C(F)(F)F)n1. The molecule has 1 radical (unpaired) electrons. The van der Waals surface area contributed by atoms with Crippen LogP contribution in [-0.4, -0.2) is 37.9 Å². The van der Waals surface area contributed by atoms with Gasteiger partial charge in [-0.3, -0.25) is 0 Å². The van der Waals surface area contributed by atoms with Gasteiger partial charge in [0.05, 0.1) is 19.9 Å². The lowest BCUT2D eigenvalue weighted by atomic mass is 10.1. The number of benzene rings is 1. The zero-order chi connectivity index (χ0) is 18.1. The highest BCUT2D eigenvalue weighted by Crippen LogP contribution is 2.31. The van der Waals surface area contributed by atoms with Gasteiger partial charge in [-0.05, 0) is 6.92 Å². The Kier molecular flexibility index (Phi) is 4.65. The lowest BCUT2D eigenvalue weighted by Crippen LogP contribution is -2.28. The van der Waals surface area contributed by atoms with Crippen LogP contribution >= 0.6 is 0 Å². The van der Waals surface area contributed by atoms with Gasteiger partial charge in [0.2, 0.25) is 0 Å². The normalized spacial score (nSPS) is 12.1. The molecule has 0 atom stereocenters. The van der Waals surface area contributed by atoms with E-state index in [-0.39, 0.29) is 0 Å². The zero-order valence-electron chi connectivity index (χ0n) is 12.5. The summed E-state index contributed by atoms with van der Waals surface area (Å²) in [7, 11) is -2.98. The highest BCUT2D eigenvalue weighted by Gasteiger charge is 2.49. The second-order valence-electron chi connectivity index (χ2n) is 4.41. The van der Waals surface area contributed by atoms with Crippen LogP contribution in [0.5, 0.6) is 17.4 Å². The molecular formula is C13H12F3N2O5S. The van der Waals surface area contributed by atoms with E-state index in [1.165, 1.54) is 26.5 Å². The number of hydrogen-bond donors (Lipinski definition) is 0. The molecule has 0 aliphatic rings. The maximum absolute atomic E-state index is 12.3. The molecule has 0 saturated carbocycles. The van der Waals surface area contributed by atoms with Crippen molar-refractivity contribution in [1.82, 2.24) is 9.78 Å². The summed E-state index contributed by atoms with van der Waals surface area (Å²) >= 11 is 0. The summed E-state index contributed by atoms with van der Waals surface area (Å²) in [5.41, 5.74) is -4.87. The van der Waals surface area contributed by atoms with Gasteiger partial charge < -0.3 is 13.7 Å². The van der Waals surface area contributed by atoms with Gasteiger partial charge in [-0.2, -0.15) is 21.6 Å². The fourth-order valence-corrected chi connectivity index (χ4v) is 2.16. The van der Waals surface area contributed by atoms with Crippen LogP contribution in [-0.2, 0) is 10.1 Å². The van der Waals surface area contributed by atoms with Gasteiger partial charge in [-0.1, -0.05) is 0 Å². The molecule has 24 heavy (non-hydrogen) atoms. The van der Waals surface area contributed by atoms with E-state index in [0.29, 0.717) is 22.7 Å². The number of ether oxygens (including phenoxy) is 2. The first-order valence-corrected chi connectivity index (χ1v) is 7.64. The number of nitrogens with zero attached hydrogens (tertiary/aromatic N) is 2. The van der Waals surface area contributed by atoms with Crippen molar-refractivity contribution in [3.63, 3.8) is 0 Å². The maximum atomic E-state index is 12.3. The third kappa shape index (κ3) is 3.40. The molecule has 1 aromatic heterocycles. The molecule has 7 nitrogen and oxygen atoms in total. The largest absolute Gasteiger partial charge is 0.534 e. The summed E-state index contributed by atoms with van der Waals surface area (Å²) in [6.07, 6.45) is 1.21. The highest BCUT2D eigenvalue weighted by atomic mass is 32.2. The summed E-state index contributed by atoms with van der Waals surface area (Å²) in [5.74, 6) is -0.00567. The second kappa shape index (κ2) is 6.23. The van der Waals surface area contributed by atoms with E-state index in [0.717, 1.165) is 10.7 Å². The molecule has 1 heterocycles. The first-order valence-electron chi connectivity index (χ1n) is 6.24. The van der Waals surface area contributed by atoms with Crippen LogP contribution in [0.15, 0.2) is 24.4 Å². The smallest absolute Gasteiger partial charge is 0.497 e. The minimum Gasteiger partial charge on any atom is -0.497 e. The molecule has 0 bridgehead atoms. The van der Waals surface area contributed by atoms with Crippen LogP contribution < -0.4 is 13.7 Å². The molecule has 0 spiro atoms. The number of methoxy groups -OCH3 is 2. The Labute approximate surface area is 135 Å². The fourth-order valence-electron chi connectivity index (χ4n) is 1.76. The van der Waals surface area contributed by atoms with Crippen molar-refractivity contribution in [2.45, 2.75) is 5.51 Å². The Bertz CT molecular complexity index is 846. The van der Waals surface area contributed by atoms with Crippen molar-refractivity contribution in [2.75, 3.05) is 14.2 Å². The maximum Gasteiger partial charge on any atom is 0.534 e. The van der Waals surface area contributed by atoms with Gasteiger partial charge in [0.15, 0.2) is 0 Å². The number of aromatic nitrogens is 2. The van der Waals surface area contributed by atoms with E-state index in [1.54, 1.807) is 6.07 Å². The Hall–Kier alpha value is -2.43. The van der Waals surface area contributed by atoms with Gasteiger partial charge in [-0.25, -0.2) is 4.68 Å². The molecule has 0 aliphatic heterocycles. The van der Waals surface area contributed by atoms with Crippen LogP contribution in [0.25, 0.3) is 5.69 Å². The van der Waals surface area contributed by atoms with E-state index in [1.807, 2.05) is 0 Å². The fraction of sp³-hybridized carbons (Fsp3) is 0.231. The van der Waals surface area contributed by atoms with Crippen molar-refractivity contribution in [3.8, 4) is 23.1 Å². The van der Waals surface area contributed by atoms with Crippen LogP contribution in [0, 0.1) is 6.92 Å². The standard InChI is InChI=1S/C13H12F3N2O5S/c1-8-10(6-9(21-2)7-11(8)22-3)18-5-4-12(17-18)23-24(19,20)13(14,15)16/h4-7H,1H2,2-3H3. The van der Waals surface area contributed by atoms with Gasteiger partial charge in [0.25, 0.3) is 5.88 Å². The molecule has 1 aromatic carbocycles. The summed E-state index contributed by atoms with van der Waals surface area (Å²) in [6, 6.07) is 4.02. The highest BCUT2D eigenvalue weighted by molar-refractivity contribution is 7.87. The van der Waals surface area contributed by atoms with Gasteiger partial charge in [-0.15, -0.1) is 5.10 Å². The van der Waals surface area contributed by atoms with Crippen LogP contribution in [0.1, 0.15) is 5.56 Å². The third-order valence-corrected chi connectivity index (χ3v) is 3.86. The monoisotopic (exact) mass is 365 g/mol. The lowest BCUT2D eigenvalue weighted by molar-refractivity contribution is -0.0501. The molecule has 131 valence electrons. The summed E-state index contributed by atoms with van der Waals surface area (Å²) in [4.78, 5) is 0. The van der Waals surface area contributed by atoms with Crippen molar-refractivity contribution in [2.24, 2.45) is 0 Å². The van der Waals surface area contributed by atoms with Gasteiger partial charge in [0.1, 0.15) is 11.5 Å². The first kappa shape index (κ1) is 17.9. The minimum atomic E-state index is -5.80. The van der Waals surface area contributed by atoms with E-state index in [4.69, 9.17) is 9.47 Å². The van der Waals surface area contributed by atoms with Gasteiger partial charge in [0, 0.05) is 30.0 Å². The number of hydrogen-bond acceptors (Lipinski definition) is 6. The predicted octanol–water partition coefficient (Wildman–Crippen LogP) is 2.30. The average Bonchev–Trinajstić information content (AvgIpc) is 2.94. The molecule has 0 N–H and O–H groups in total. The molecule has 0 unspecified atom stereocenters. The van der Waals surface area contributed by atoms with E-state index in [2.05, 4.69) is 16.2 Å². The van der Waals surface area contributed by atoms with E-state index >= 15 is 0 Å². The van der Waals surface area contributed by atoms with Crippen LogP contribution in [0.2, 0.25) is 0 Å². The minimum absolute atomic E-state index is 0.311. The lowest BCUT2D eigenvalue weighted by Gasteiger charge is -2.13. The molecule has 0 saturated heterocycles. The van der Waals surface area contributed by atoms with Crippen molar-refractivity contribution >= 4 is 10.1 Å². The number of alkyl halides is 3. The van der Waals surface area contributed by atoms with Crippen molar-refractivity contribution < 1.29 is 35.2 Å². The van der Waals surface area contributed by atoms with E-state index < -0.39 is 21.5 Å². The first-order chi connectivity index (χ1) is 11.1. The Morgan fingerprint density at radius 3 is 2.42 bits per heavy atom. The van der Waals surface area contributed by atoms with E-state index in [9.17, 15) is 21.6 Å². The molecule has 0 aliphatic carbocycles. The molecular weight excluding hydrogens is 353 g/mol. The quantitative estimate of drug-likeness (QED) is 0.598. The average molecular weight is 365 g/mol. The molecule has 11 heteroatoms. The Balaban J connectivity index is 2.42. The predicted molar refractivity (Wildman–Crippen MR) is 76.7 cm³/mol. The number of rotatable bonds is 5. The van der Waals surface area contributed by atoms with Crippen LogP contribution in [0.3, 0.4) is 0 Å². The topological polar surface area (TPSA) is 79.7 Å². The molecule has 0 amide bonds. The van der Waals surface area contributed by atoms with Crippen molar-refractivity contribution in [3.05, 3.63) is 36.9 Å². The molecule has 2 rings (SSSR count).